The molecule has 29 heavy (non-hydrogen) atoms. The first-order valence-electron chi connectivity index (χ1n) is 8.86. The van der Waals surface area contributed by atoms with Crippen molar-refractivity contribution in [3.05, 3.63) is 100 Å². The molecule has 0 spiro atoms. The van der Waals surface area contributed by atoms with E-state index in [9.17, 15) is 14.4 Å². The molecule has 0 heterocycles. The van der Waals surface area contributed by atoms with Crippen molar-refractivity contribution in [1.29, 1.82) is 0 Å². The zero-order valence-corrected chi connectivity index (χ0v) is 16.4. The minimum atomic E-state index is -0.645. The number of hydrogen-bond acceptors (Lipinski definition) is 4. The van der Waals surface area contributed by atoms with E-state index in [1.165, 1.54) is 6.07 Å². The van der Waals surface area contributed by atoms with Gasteiger partial charge in [-0.05, 0) is 49.4 Å². The van der Waals surface area contributed by atoms with Crippen LogP contribution in [-0.4, -0.2) is 24.3 Å². The number of aryl methyl sites for hydroxylation is 1. The molecule has 3 aromatic rings. The summed E-state index contributed by atoms with van der Waals surface area (Å²) in [6, 6.07) is 19.8. The first-order chi connectivity index (χ1) is 13.9. The van der Waals surface area contributed by atoms with Crippen LogP contribution in [0, 0.1) is 6.92 Å². The maximum Gasteiger partial charge on any atom is 0.338 e. The number of ether oxygens (including phenoxy) is 1. The standard InChI is InChI=1S/C23H18ClNO4/c1-15-5-7-16(8-6-15)21(26)14-29-23(28)18-3-2-4-20(13-18)25-22(27)17-9-11-19(24)12-10-17/h2-13H,14H2,1H3,(H,25,27). The number of amides is 1. The van der Waals surface area contributed by atoms with Crippen LogP contribution in [0.4, 0.5) is 5.69 Å². The Morgan fingerprint density at radius 1 is 0.862 bits per heavy atom. The zero-order chi connectivity index (χ0) is 20.8. The van der Waals surface area contributed by atoms with Crippen LogP contribution in [0.15, 0.2) is 72.8 Å². The monoisotopic (exact) mass is 407 g/mol. The molecular formula is C23H18ClNO4. The maximum atomic E-state index is 12.3. The van der Waals surface area contributed by atoms with Crippen molar-refractivity contribution in [2.75, 3.05) is 11.9 Å². The van der Waals surface area contributed by atoms with Gasteiger partial charge in [0.2, 0.25) is 0 Å². The van der Waals surface area contributed by atoms with Crippen molar-refractivity contribution < 1.29 is 19.1 Å². The van der Waals surface area contributed by atoms with E-state index in [-0.39, 0.29) is 23.9 Å². The minimum Gasteiger partial charge on any atom is -0.454 e. The van der Waals surface area contributed by atoms with E-state index in [0.717, 1.165) is 5.56 Å². The van der Waals surface area contributed by atoms with Gasteiger partial charge in [0, 0.05) is 21.8 Å². The number of carbonyl (C=O) groups excluding carboxylic acids is 3. The molecule has 0 atom stereocenters. The third-order valence-corrected chi connectivity index (χ3v) is 4.42. The highest BCUT2D eigenvalue weighted by molar-refractivity contribution is 6.30. The second kappa shape index (κ2) is 9.17. The Hall–Kier alpha value is -3.44. The van der Waals surface area contributed by atoms with Gasteiger partial charge in [0.15, 0.2) is 12.4 Å². The predicted molar refractivity (Wildman–Crippen MR) is 112 cm³/mol. The molecule has 0 unspecified atom stereocenters. The number of carbonyl (C=O) groups is 3. The Balaban J connectivity index is 1.61. The molecule has 0 aliphatic carbocycles. The van der Waals surface area contributed by atoms with Crippen LogP contribution < -0.4 is 5.32 Å². The fraction of sp³-hybridized carbons (Fsp3) is 0.0870. The lowest BCUT2D eigenvalue weighted by molar-refractivity contribution is 0.0474. The van der Waals surface area contributed by atoms with Gasteiger partial charge in [0.05, 0.1) is 5.56 Å². The summed E-state index contributed by atoms with van der Waals surface area (Å²) in [7, 11) is 0. The summed E-state index contributed by atoms with van der Waals surface area (Å²) in [6.45, 7) is 1.57. The Kier molecular flexibility index (Phi) is 6.42. The fourth-order valence-corrected chi connectivity index (χ4v) is 2.69. The van der Waals surface area contributed by atoms with Gasteiger partial charge in [-0.2, -0.15) is 0 Å². The Labute approximate surface area is 173 Å². The summed E-state index contributed by atoms with van der Waals surface area (Å²) in [5, 5.41) is 3.25. The van der Waals surface area contributed by atoms with E-state index in [0.29, 0.717) is 21.8 Å². The largest absolute Gasteiger partial charge is 0.454 e. The molecule has 0 aliphatic heterocycles. The van der Waals surface area contributed by atoms with Crippen LogP contribution in [0.1, 0.15) is 36.6 Å². The van der Waals surface area contributed by atoms with Gasteiger partial charge in [0.1, 0.15) is 0 Å². The summed E-state index contributed by atoms with van der Waals surface area (Å²) in [4.78, 5) is 36.7. The Bertz CT molecular complexity index is 1040. The Morgan fingerprint density at radius 2 is 1.52 bits per heavy atom. The molecule has 3 aromatic carbocycles. The quantitative estimate of drug-likeness (QED) is 0.464. The van der Waals surface area contributed by atoms with E-state index >= 15 is 0 Å². The van der Waals surface area contributed by atoms with Crippen molar-refractivity contribution in [3.63, 3.8) is 0 Å². The van der Waals surface area contributed by atoms with Crippen molar-refractivity contribution >= 4 is 34.9 Å². The number of esters is 1. The summed E-state index contributed by atoms with van der Waals surface area (Å²) in [6.07, 6.45) is 0. The van der Waals surface area contributed by atoms with Crippen molar-refractivity contribution in [1.82, 2.24) is 0 Å². The molecule has 1 amide bonds. The zero-order valence-electron chi connectivity index (χ0n) is 15.6. The average molecular weight is 408 g/mol. The van der Waals surface area contributed by atoms with E-state index in [1.54, 1.807) is 54.6 Å². The summed E-state index contributed by atoms with van der Waals surface area (Å²) in [5.41, 5.74) is 2.62. The molecule has 0 aliphatic rings. The third-order valence-electron chi connectivity index (χ3n) is 4.17. The van der Waals surface area contributed by atoms with Crippen LogP contribution in [0.3, 0.4) is 0 Å². The lowest BCUT2D eigenvalue weighted by Crippen LogP contribution is -2.15. The van der Waals surface area contributed by atoms with Gasteiger partial charge in [0.25, 0.3) is 5.91 Å². The normalized spacial score (nSPS) is 10.3. The smallest absolute Gasteiger partial charge is 0.338 e. The second-order valence-electron chi connectivity index (χ2n) is 6.41. The molecule has 5 nitrogen and oxygen atoms in total. The molecule has 0 radical (unpaired) electrons. The van der Waals surface area contributed by atoms with Gasteiger partial charge in [-0.15, -0.1) is 0 Å². The SMILES string of the molecule is Cc1ccc(C(=O)COC(=O)c2cccc(NC(=O)c3ccc(Cl)cc3)c2)cc1. The van der Waals surface area contributed by atoms with Crippen molar-refractivity contribution in [2.45, 2.75) is 6.92 Å². The molecule has 0 bridgehead atoms. The number of hydrogen-bond donors (Lipinski definition) is 1. The first-order valence-corrected chi connectivity index (χ1v) is 9.24. The molecule has 3 rings (SSSR count). The topological polar surface area (TPSA) is 72.5 Å². The van der Waals surface area contributed by atoms with Crippen LogP contribution in [0.25, 0.3) is 0 Å². The average Bonchev–Trinajstić information content (AvgIpc) is 2.73. The van der Waals surface area contributed by atoms with E-state index < -0.39 is 5.97 Å². The number of ketones is 1. The van der Waals surface area contributed by atoms with Crippen LogP contribution in [0.2, 0.25) is 5.02 Å². The number of halogens is 1. The predicted octanol–water partition coefficient (Wildman–Crippen LogP) is 4.94. The van der Waals surface area contributed by atoms with Crippen molar-refractivity contribution in [3.8, 4) is 0 Å². The summed E-state index contributed by atoms with van der Waals surface area (Å²) < 4.78 is 5.12. The number of benzene rings is 3. The van der Waals surface area contributed by atoms with Gasteiger partial charge in [-0.1, -0.05) is 47.5 Å². The highest BCUT2D eigenvalue weighted by Gasteiger charge is 2.13. The highest BCUT2D eigenvalue weighted by atomic mass is 35.5. The van der Waals surface area contributed by atoms with Crippen molar-refractivity contribution in [2.24, 2.45) is 0 Å². The van der Waals surface area contributed by atoms with Crippen LogP contribution >= 0.6 is 11.6 Å². The molecule has 0 aromatic heterocycles. The number of Topliss-reactive ketones (excluding diaryl/α,β-unsaturated/α-hetero) is 1. The van der Waals surface area contributed by atoms with Gasteiger partial charge in [-0.25, -0.2) is 4.79 Å². The summed E-state index contributed by atoms with van der Waals surface area (Å²) >= 11 is 5.82. The molecular weight excluding hydrogens is 390 g/mol. The van der Waals surface area contributed by atoms with Gasteiger partial charge >= 0.3 is 5.97 Å². The highest BCUT2D eigenvalue weighted by Crippen LogP contribution is 2.15. The number of rotatable bonds is 6. The van der Waals surface area contributed by atoms with Gasteiger partial charge in [-0.3, -0.25) is 9.59 Å². The third kappa shape index (κ3) is 5.53. The molecule has 0 fully saturated rings. The van der Waals surface area contributed by atoms with Crippen LogP contribution in [0.5, 0.6) is 0 Å². The fourth-order valence-electron chi connectivity index (χ4n) is 2.57. The lowest BCUT2D eigenvalue weighted by atomic mass is 10.1. The Morgan fingerprint density at radius 3 is 2.21 bits per heavy atom. The molecule has 1 N–H and O–H groups in total. The molecule has 0 saturated heterocycles. The number of nitrogens with one attached hydrogen (secondary N) is 1. The van der Waals surface area contributed by atoms with Gasteiger partial charge < -0.3 is 10.1 Å². The number of anilines is 1. The molecule has 146 valence electrons. The lowest BCUT2D eigenvalue weighted by Gasteiger charge is -2.08. The first kappa shape index (κ1) is 20.3. The molecule has 6 heteroatoms. The maximum absolute atomic E-state index is 12.3. The van der Waals surface area contributed by atoms with E-state index in [1.807, 2.05) is 19.1 Å². The van der Waals surface area contributed by atoms with Crippen LogP contribution in [-0.2, 0) is 4.74 Å². The molecule has 0 saturated carbocycles. The summed E-state index contributed by atoms with van der Waals surface area (Å²) in [5.74, 6) is -1.26. The minimum absolute atomic E-state index is 0.232. The second-order valence-corrected chi connectivity index (χ2v) is 6.84. The van der Waals surface area contributed by atoms with E-state index in [4.69, 9.17) is 16.3 Å². The van der Waals surface area contributed by atoms with E-state index in [2.05, 4.69) is 5.32 Å².